The lowest BCUT2D eigenvalue weighted by Crippen LogP contribution is -2.54. The quantitative estimate of drug-likeness (QED) is 0.756. The third kappa shape index (κ3) is 2.19. The summed E-state index contributed by atoms with van der Waals surface area (Å²) in [5.74, 6) is 0.212. The zero-order valence-electron chi connectivity index (χ0n) is 9.73. The number of hydrogen-bond donors (Lipinski definition) is 0. The SMILES string of the molecule is CC(C)(C(=O)c1cccs1)N1CCOCC1. The molecule has 1 aliphatic heterocycles. The fraction of sp³-hybridized carbons (Fsp3) is 0.583. The van der Waals surface area contributed by atoms with E-state index in [0.29, 0.717) is 0 Å². The summed E-state index contributed by atoms with van der Waals surface area (Å²) in [6, 6.07) is 3.82. The lowest BCUT2D eigenvalue weighted by Gasteiger charge is -2.39. The van der Waals surface area contributed by atoms with E-state index < -0.39 is 5.54 Å². The van der Waals surface area contributed by atoms with Crippen LogP contribution in [0.2, 0.25) is 0 Å². The van der Waals surface area contributed by atoms with Crippen molar-refractivity contribution in [2.45, 2.75) is 19.4 Å². The molecule has 1 fully saturated rings. The first-order valence-corrected chi connectivity index (χ1v) is 6.41. The molecule has 0 bridgehead atoms. The first kappa shape index (κ1) is 11.8. The van der Waals surface area contributed by atoms with E-state index in [-0.39, 0.29) is 5.78 Å². The molecule has 1 saturated heterocycles. The summed E-state index contributed by atoms with van der Waals surface area (Å²) in [6.45, 7) is 7.12. The fourth-order valence-electron chi connectivity index (χ4n) is 1.98. The molecule has 1 aliphatic rings. The summed E-state index contributed by atoms with van der Waals surface area (Å²) in [7, 11) is 0. The van der Waals surface area contributed by atoms with Crippen molar-refractivity contribution >= 4 is 17.1 Å². The fourth-order valence-corrected chi connectivity index (χ4v) is 2.79. The van der Waals surface area contributed by atoms with Crippen LogP contribution in [0.4, 0.5) is 0 Å². The van der Waals surface area contributed by atoms with Crippen LogP contribution in [0.25, 0.3) is 0 Å². The minimum absolute atomic E-state index is 0.212. The van der Waals surface area contributed by atoms with E-state index in [1.807, 2.05) is 31.4 Å². The molecule has 0 saturated carbocycles. The molecule has 2 rings (SSSR count). The Balaban J connectivity index is 2.14. The van der Waals surface area contributed by atoms with E-state index in [1.165, 1.54) is 11.3 Å². The van der Waals surface area contributed by atoms with Gasteiger partial charge in [-0.15, -0.1) is 11.3 Å². The number of ether oxygens (including phenoxy) is 1. The highest BCUT2D eigenvalue weighted by Crippen LogP contribution is 2.24. The Hall–Kier alpha value is -0.710. The first-order valence-electron chi connectivity index (χ1n) is 5.53. The van der Waals surface area contributed by atoms with Crippen molar-refractivity contribution in [2.24, 2.45) is 0 Å². The molecule has 0 amide bonds. The number of carbonyl (C=O) groups excluding carboxylic acids is 1. The summed E-state index contributed by atoms with van der Waals surface area (Å²) >= 11 is 1.51. The van der Waals surface area contributed by atoms with E-state index in [1.54, 1.807) is 0 Å². The van der Waals surface area contributed by atoms with Gasteiger partial charge in [-0.25, -0.2) is 0 Å². The summed E-state index contributed by atoms with van der Waals surface area (Å²) in [5, 5.41) is 1.95. The van der Waals surface area contributed by atoms with Crippen molar-refractivity contribution in [3.05, 3.63) is 22.4 Å². The predicted molar refractivity (Wildman–Crippen MR) is 65.1 cm³/mol. The molecule has 88 valence electrons. The van der Waals surface area contributed by atoms with Crippen LogP contribution in [0.5, 0.6) is 0 Å². The van der Waals surface area contributed by atoms with Gasteiger partial charge < -0.3 is 4.74 Å². The molecule has 0 spiro atoms. The van der Waals surface area contributed by atoms with Crippen molar-refractivity contribution in [1.82, 2.24) is 4.90 Å². The van der Waals surface area contributed by atoms with Crippen LogP contribution < -0.4 is 0 Å². The van der Waals surface area contributed by atoms with Gasteiger partial charge in [0.05, 0.1) is 23.6 Å². The summed E-state index contributed by atoms with van der Waals surface area (Å²) in [5.41, 5.74) is -0.422. The number of ketones is 1. The third-order valence-corrected chi connectivity index (χ3v) is 3.97. The van der Waals surface area contributed by atoms with Gasteiger partial charge in [0, 0.05) is 13.1 Å². The van der Waals surface area contributed by atoms with Crippen molar-refractivity contribution in [1.29, 1.82) is 0 Å². The standard InChI is InChI=1S/C12H17NO2S/c1-12(2,13-5-7-15-8-6-13)11(14)10-4-3-9-16-10/h3-4,9H,5-8H2,1-2H3. The Morgan fingerprint density at radius 1 is 1.44 bits per heavy atom. The average molecular weight is 239 g/mol. The number of carbonyl (C=O) groups is 1. The lowest BCUT2D eigenvalue weighted by atomic mass is 9.95. The van der Waals surface area contributed by atoms with Gasteiger partial charge in [-0.1, -0.05) is 6.07 Å². The van der Waals surface area contributed by atoms with Gasteiger partial charge in [0.2, 0.25) is 0 Å². The Bertz CT molecular complexity index is 353. The molecule has 1 aromatic heterocycles. The number of rotatable bonds is 3. The molecular formula is C12H17NO2S. The first-order chi connectivity index (χ1) is 7.62. The van der Waals surface area contributed by atoms with Crippen molar-refractivity contribution in [3.63, 3.8) is 0 Å². The number of hydrogen-bond acceptors (Lipinski definition) is 4. The van der Waals surface area contributed by atoms with Gasteiger partial charge in [-0.3, -0.25) is 9.69 Å². The minimum Gasteiger partial charge on any atom is -0.379 e. The molecule has 3 nitrogen and oxygen atoms in total. The molecule has 0 aliphatic carbocycles. The Labute approximate surface area is 100 Å². The van der Waals surface area contributed by atoms with Crippen molar-refractivity contribution in [3.8, 4) is 0 Å². The maximum absolute atomic E-state index is 12.4. The van der Waals surface area contributed by atoms with Gasteiger partial charge in [-0.2, -0.15) is 0 Å². The second-order valence-electron chi connectivity index (χ2n) is 4.46. The highest BCUT2D eigenvalue weighted by Gasteiger charge is 2.36. The summed E-state index contributed by atoms with van der Waals surface area (Å²) < 4.78 is 5.31. The van der Waals surface area contributed by atoms with Gasteiger partial charge in [0.1, 0.15) is 0 Å². The monoisotopic (exact) mass is 239 g/mol. The largest absolute Gasteiger partial charge is 0.379 e. The van der Waals surface area contributed by atoms with Crippen molar-refractivity contribution < 1.29 is 9.53 Å². The molecule has 2 heterocycles. The smallest absolute Gasteiger partial charge is 0.192 e. The van der Waals surface area contributed by atoms with Crippen LogP contribution in [-0.2, 0) is 4.74 Å². The summed E-state index contributed by atoms with van der Waals surface area (Å²) in [4.78, 5) is 15.4. The molecule has 0 unspecified atom stereocenters. The molecule has 0 N–H and O–H groups in total. The van der Waals surface area contributed by atoms with Crippen LogP contribution in [0.15, 0.2) is 17.5 Å². The molecule has 4 heteroatoms. The Morgan fingerprint density at radius 2 is 2.12 bits per heavy atom. The Kier molecular flexibility index (Phi) is 3.42. The lowest BCUT2D eigenvalue weighted by molar-refractivity contribution is -0.00414. The molecule has 1 aromatic rings. The normalized spacial score (nSPS) is 18.6. The molecule has 0 atom stereocenters. The van der Waals surface area contributed by atoms with Crippen LogP contribution in [0.1, 0.15) is 23.5 Å². The molecule has 0 aromatic carbocycles. The number of Topliss-reactive ketones (excluding diaryl/α,β-unsaturated/α-hetero) is 1. The van der Waals surface area contributed by atoms with Crippen LogP contribution in [-0.4, -0.2) is 42.5 Å². The van der Waals surface area contributed by atoms with Crippen LogP contribution in [0.3, 0.4) is 0 Å². The number of thiophene rings is 1. The predicted octanol–water partition coefficient (Wildman–Crippen LogP) is 2.04. The minimum atomic E-state index is -0.422. The number of nitrogens with zero attached hydrogens (tertiary/aromatic N) is 1. The van der Waals surface area contributed by atoms with E-state index in [2.05, 4.69) is 4.90 Å². The Morgan fingerprint density at radius 3 is 2.69 bits per heavy atom. The van der Waals surface area contributed by atoms with Crippen molar-refractivity contribution in [2.75, 3.05) is 26.3 Å². The topological polar surface area (TPSA) is 29.5 Å². The second kappa shape index (κ2) is 4.65. The zero-order valence-corrected chi connectivity index (χ0v) is 10.5. The van der Waals surface area contributed by atoms with Gasteiger partial charge >= 0.3 is 0 Å². The van der Waals surface area contributed by atoms with E-state index in [4.69, 9.17) is 4.74 Å². The van der Waals surface area contributed by atoms with E-state index >= 15 is 0 Å². The molecule has 16 heavy (non-hydrogen) atoms. The van der Waals surface area contributed by atoms with Crippen LogP contribution >= 0.6 is 11.3 Å². The van der Waals surface area contributed by atoms with E-state index in [0.717, 1.165) is 31.2 Å². The maximum Gasteiger partial charge on any atom is 0.192 e. The van der Waals surface area contributed by atoms with Crippen LogP contribution in [0, 0.1) is 0 Å². The summed E-state index contributed by atoms with van der Waals surface area (Å²) in [6.07, 6.45) is 0. The molecular weight excluding hydrogens is 222 g/mol. The third-order valence-electron chi connectivity index (χ3n) is 3.10. The number of morpholine rings is 1. The highest BCUT2D eigenvalue weighted by atomic mass is 32.1. The zero-order chi connectivity index (χ0) is 11.6. The highest BCUT2D eigenvalue weighted by molar-refractivity contribution is 7.12. The van der Waals surface area contributed by atoms with Gasteiger partial charge in [0.15, 0.2) is 5.78 Å². The second-order valence-corrected chi connectivity index (χ2v) is 5.41. The van der Waals surface area contributed by atoms with Gasteiger partial charge in [0.25, 0.3) is 0 Å². The van der Waals surface area contributed by atoms with E-state index in [9.17, 15) is 4.79 Å². The molecule has 0 radical (unpaired) electrons. The van der Waals surface area contributed by atoms with Gasteiger partial charge in [-0.05, 0) is 25.3 Å². The maximum atomic E-state index is 12.4. The average Bonchev–Trinajstić information content (AvgIpc) is 2.82.